The van der Waals surface area contributed by atoms with E-state index in [1.165, 1.54) is 19.3 Å². The number of anilines is 1. The molecule has 8 nitrogen and oxygen atoms in total. The number of thioether (sulfide) groups is 1. The lowest BCUT2D eigenvalue weighted by Gasteiger charge is -2.29. The van der Waals surface area contributed by atoms with Gasteiger partial charge in [0.25, 0.3) is 0 Å². The van der Waals surface area contributed by atoms with Crippen molar-refractivity contribution < 1.29 is 24.2 Å². The minimum absolute atomic E-state index is 0.00234. The third-order valence-electron chi connectivity index (χ3n) is 5.54. The zero-order valence-corrected chi connectivity index (χ0v) is 22.1. The van der Waals surface area contributed by atoms with Crippen molar-refractivity contribution in [3.63, 3.8) is 0 Å². The largest absolute Gasteiger partial charge is 0.504 e. The lowest BCUT2D eigenvalue weighted by Crippen LogP contribution is -2.29. The van der Waals surface area contributed by atoms with Crippen LogP contribution in [0, 0.1) is 18.3 Å². The Balaban J connectivity index is 1.94. The Hall–Kier alpha value is -3.87. The summed E-state index contributed by atoms with van der Waals surface area (Å²) >= 11 is 7.27. The number of nitrogens with zero attached hydrogens (tertiary/aromatic N) is 1. The average molecular weight is 540 g/mol. The first-order valence-corrected chi connectivity index (χ1v) is 12.5. The molecule has 0 spiro atoms. The standard InChI is InChI=1S/C27H26ClN3O5S/c1-5-10-36-27(34)24-16(3)30-26(37-14-23(33)31-18-8-6-15(2)20(28)12-18)19(13-29)25(24)17-7-9-21(32)22(11-17)35-4/h5-9,11-12,25,30,32H,1,10,14H2,2-4H3,(H,31,33)/t25-/m1/s1. The fourth-order valence-corrected chi connectivity index (χ4v) is 4.79. The zero-order chi connectivity index (χ0) is 27.1. The average Bonchev–Trinajstić information content (AvgIpc) is 2.88. The number of carbonyl (C=O) groups is 2. The number of benzene rings is 2. The molecule has 1 atom stereocenters. The summed E-state index contributed by atoms with van der Waals surface area (Å²) in [6.45, 7) is 7.12. The zero-order valence-electron chi connectivity index (χ0n) is 20.6. The summed E-state index contributed by atoms with van der Waals surface area (Å²) < 4.78 is 10.5. The molecule has 0 saturated carbocycles. The first kappa shape index (κ1) is 27.7. The highest BCUT2D eigenvalue weighted by Gasteiger charge is 2.36. The first-order chi connectivity index (χ1) is 17.7. The number of halogens is 1. The van der Waals surface area contributed by atoms with Gasteiger partial charge in [0.05, 0.1) is 41.0 Å². The molecule has 37 heavy (non-hydrogen) atoms. The number of rotatable bonds is 9. The fraction of sp³-hybridized carbons (Fsp3) is 0.222. The number of phenolic OH excluding ortho intramolecular Hbond substituents is 1. The van der Waals surface area contributed by atoms with Crippen molar-refractivity contribution in [2.75, 3.05) is 24.8 Å². The number of allylic oxidation sites excluding steroid dienone is 2. The summed E-state index contributed by atoms with van der Waals surface area (Å²) in [5, 5.41) is 27.1. The normalized spacial score (nSPS) is 14.9. The molecule has 1 heterocycles. The van der Waals surface area contributed by atoms with Crippen molar-refractivity contribution in [3.8, 4) is 17.6 Å². The fourth-order valence-electron chi connectivity index (χ4n) is 3.72. The number of dihydropyridines is 1. The van der Waals surface area contributed by atoms with Gasteiger partial charge < -0.3 is 25.2 Å². The number of esters is 1. The Morgan fingerprint density at radius 3 is 2.70 bits per heavy atom. The first-order valence-electron chi connectivity index (χ1n) is 11.2. The maximum absolute atomic E-state index is 13.0. The molecule has 0 unspecified atom stereocenters. The van der Waals surface area contributed by atoms with Gasteiger partial charge in [-0.05, 0) is 49.2 Å². The smallest absolute Gasteiger partial charge is 0.337 e. The molecular weight excluding hydrogens is 514 g/mol. The number of carbonyl (C=O) groups excluding carboxylic acids is 2. The molecule has 0 aromatic heterocycles. The Bertz CT molecular complexity index is 1350. The van der Waals surface area contributed by atoms with Crippen LogP contribution in [-0.2, 0) is 14.3 Å². The molecule has 2 aromatic rings. The number of phenols is 1. The van der Waals surface area contributed by atoms with Crippen LogP contribution in [0.15, 0.2) is 70.9 Å². The summed E-state index contributed by atoms with van der Waals surface area (Å²) in [5.74, 6) is -1.63. The molecule has 0 bridgehead atoms. The third-order valence-corrected chi connectivity index (χ3v) is 6.96. The van der Waals surface area contributed by atoms with Gasteiger partial charge in [-0.2, -0.15) is 5.26 Å². The predicted molar refractivity (Wildman–Crippen MR) is 144 cm³/mol. The molecule has 0 aliphatic carbocycles. The predicted octanol–water partition coefficient (Wildman–Crippen LogP) is 5.16. The molecule has 0 fully saturated rings. The van der Waals surface area contributed by atoms with E-state index >= 15 is 0 Å². The molecule has 2 aromatic carbocycles. The van der Waals surface area contributed by atoms with Crippen molar-refractivity contribution in [1.82, 2.24) is 5.32 Å². The van der Waals surface area contributed by atoms with Crippen molar-refractivity contribution in [3.05, 3.63) is 87.1 Å². The minimum Gasteiger partial charge on any atom is -0.504 e. The number of hydrogen-bond acceptors (Lipinski definition) is 8. The maximum Gasteiger partial charge on any atom is 0.337 e. The van der Waals surface area contributed by atoms with Gasteiger partial charge >= 0.3 is 5.97 Å². The molecular formula is C27H26ClN3O5S. The van der Waals surface area contributed by atoms with Crippen LogP contribution in [0.3, 0.4) is 0 Å². The number of aryl methyl sites for hydroxylation is 1. The van der Waals surface area contributed by atoms with Gasteiger partial charge in [0.15, 0.2) is 11.5 Å². The van der Waals surface area contributed by atoms with Crippen molar-refractivity contribution in [2.24, 2.45) is 0 Å². The second-order valence-electron chi connectivity index (χ2n) is 8.07. The SMILES string of the molecule is C=CCOC(=O)C1=C(C)NC(SCC(=O)Nc2ccc(C)c(Cl)c2)=C(C#N)[C@H]1c1ccc(O)c(OC)c1. The monoisotopic (exact) mass is 539 g/mol. The minimum atomic E-state index is -0.820. The van der Waals surface area contributed by atoms with E-state index in [-0.39, 0.29) is 40.9 Å². The van der Waals surface area contributed by atoms with E-state index in [4.69, 9.17) is 21.1 Å². The Labute approximate surface area is 224 Å². The second kappa shape index (κ2) is 12.4. The maximum atomic E-state index is 13.0. The van der Waals surface area contributed by atoms with Crippen LogP contribution in [0.1, 0.15) is 24.0 Å². The van der Waals surface area contributed by atoms with Crippen molar-refractivity contribution >= 4 is 40.9 Å². The second-order valence-corrected chi connectivity index (χ2v) is 9.46. The summed E-state index contributed by atoms with van der Waals surface area (Å²) in [6, 6.07) is 12.0. The van der Waals surface area contributed by atoms with E-state index in [2.05, 4.69) is 23.3 Å². The quantitative estimate of drug-likeness (QED) is 0.295. The number of nitrogens with one attached hydrogen (secondary N) is 2. The summed E-state index contributed by atoms with van der Waals surface area (Å²) in [4.78, 5) is 25.6. The molecule has 1 aliphatic heterocycles. The molecule has 1 aliphatic rings. The highest BCUT2D eigenvalue weighted by Crippen LogP contribution is 2.43. The Morgan fingerprint density at radius 1 is 1.30 bits per heavy atom. The van der Waals surface area contributed by atoms with Crippen molar-refractivity contribution in [1.29, 1.82) is 5.26 Å². The van der Waals surface area contributed by atoms with Crippen LogP contribution in [0.4, 0.5) is 5.69 Å². The van der Waals surface area contributed by atoms with Gasteiger partial charge in [-0.25, -0.2) is 4.79 Å². The van der Waals surface area contributed by atoms with Gasteiger partial charge in [-0.1, -0.05) is 48.2 Å². The Kier molecular flexibility index (Phi) is 9.28. The highest BCUT2D eigenvalue weighted by atomic mass is 35.5. The van der Waals surface area contributed by atoms with Crippen LogP contribution in [0.5, 0.6) is 11.5 Å². The lowest BCUT2D eigenvalue weighted by atomic mass is 9.82. The number of hydrogen-bond donors (Lipinski definition) is 3. The van der Waals surface area contributed by atoms with E-state index < -0.39 is 11.9 Å². The number of amides is 1. The molecule has 0 saturated heterocycles. The van der Waals surface area contributed by atoms with Gasteiger partial charge in [-0.3, -0.25) is 4.79 Å². The summed E-state index contributed by atoms with van der Waals surface area (Å²) in [6.07, 6.45) is 1.45. The number of ether oxygens (including phenoxy) is 2. The Morgan fingerprint density at radius 2 is 2.05 bits per heavy atom. The molecule has 10 heteroatoms. The van der Waals surface area contributed by atoms with Gasteiger partial charge in [0.1, 0.15) is 6.61 Å². The van der Waals surface area contributed by atoms with E-state index in [0.29, 0.717) is 27.0 Å². The van der Waals surface area contributed by atoms with Gasteiger partial charge in [0.2, 0.25) is 5.91 Å². The number of aromatic hydroxyl groups is 1. The topological polar surface area (TPSA) is 121 Å². The van der Waals surface area contributed by atoms with E-state index in [1.54, 1.807) is 31.2 Å². The third kappa shape index (κ3) is 6.47. The van der Waals surface area contributed by atoms with Crippen LogP contribution in [-0.4, -0.2) is 36.5 Å². The number of nitriles is 1. The highest BCUT2D eigenvalue weighted by molar-refractivity contribution is 8.03. The van der Waals surface area contributed by atoms with E-state index in [1.807, 2.05) is 13.0 Å². The lowest BCUT2D eigenvalue weighted by molar-refractivity contribution is -0.138. The molecule has 3 rings (SSSR count). The van der Waals surface area contributed by atoms with Crippen molar-refractivity contribution in [2.45, 2.75) is 19.8 Å². The van der Waals surface area contributed by atoms with Crippen LogP contribution in [0.25, 0.3) is 0 Å². The van der Waals surface area contributed by atoms with E-state index in [9.17, 15) is 20.0 Å². The summed E-state index contributed by atoms with van der Waals surface area (Å²) in [7, 11) is 1.41. The van der Waals surface area contributed by atoms with Crippen LogP contribution in [0.2, 0.25) is 5.02 Å². The van der Waals surface area contributed by atoms with Crippen LogP contribution < -0.4 is 15.4 Å². The number of methoxy groups -OCH3 is 1. The van der Waals surface area contributed by atoms with E-state index in [0.717, 1.165) is 17.3 Å². The molecule has 1 amide bonds. The van der Waals surface area contributed by atoms with Gasteiger partial charge in [-0.15, -0.1) is 0 Å². The molecule has 3 N–H and O–H groups in total. The molecule has 0 radical (unpaired) electrons. The van der Waals surface area contributed by atoms with Gasteiger partial charge in [0, 0.05) is 16.4 Å². The summed E-state index contributed by atoms with van der Waals surface area (Å²) in [5.41, 5.74) is 2.91. The van der Waals surface area contributed by atoms with Crippen LogP contribution >= 0.6 is 23.4 Å². The molecule has 192 valence electrons.